The van der Waals surface area contributed by atoms with E-state index in [0.29, 0.717) is 25.0 Å². The van der Waals surface area contributed by atoms with Crippen LogP contribution in [-0.2, 0) is 9.53 Å². The lowest BCUT2D eigenvalue weighted by molar-refractivity contribution is -0.119. The van der Waals surface area contributed by atoms with Crippen LogP contribution in [0.15, 0.2) is 4.99 Å². The van der Waals surface area contributed by atoms with Crippen LogP contribution in [0.25, 0.3) is 0 Å². The molecule has 0 spiro atoms. The van der Waals surface area contributed by atoms with Gasteiger partial charge < -0.3 is 15.4 Å². The Kier molecular flexibility index (Phi) is 9.08. The first-order chi connectivity index (χ1) is 8.10. The molecule has 0 aromatic heterocycles. The number of ether oxygens (including phenoxy) is 1. The van der Waals surface area contributed by atoms with Crippen LogP contribution < -0.4 is 21.9 Å². The smallest absolute Gasteiger partial charge is 0.241 e. The van der Waals surface area contributed by atoms with Crippen molar-refractivity contribution in [3.63, 3.8) is 0 Å². The second-order valence-electron chi connectivity index (χ2n) is 3.93. The van der Waals surface area contributed by atoms with E-state index in [-0.39, 0.29) is 12.5 Å². The van der Waals surface area contributed by atoms with Gasteiger partial charge in [-0.25, -0.2) is 10.8 Å². The molecule has 5 N–H and O–H groups in total. The summed E-state index contributed by atoms with van der Waals surface area (Å²) in [6.45, 7) is 5.89. The van der Waals surface area contributed by atoms with E-state index in [1.165, 1.54) is 0 Å². The van der Waals surface area contributed by atoms with Crippen molar-refractivity contribution in [3.05, 3.63) is 0 Å². The number of hydrazine groups is 1. The molecule has 0 saturated heterocycles. The first kappa shape index (κ1) is 15.7. The van der Waals surface area contributed by atoms with E-state index in [0.717, 1.165) is 6.54 Å². The highest BCUT2D eigenvalue weighted by atomic mass is 16.5. The van der Waals surface area contributed by atoms with Gasteiger partial charge in [0.15, 0.2) is 0 Å². The zero-order chi connectivity index (χ0) is 13.1. The summed E-state index contributed by atoms with van der Waals surface area (Å²) in [5.74, 6) is 6.00. The maximum atomic E-state index is 11.3. The van der Waals surface area contributed by atoms with Gasteiger partial charge in [0, 0.05) is 20.2 Å². The van der Waals surface area contributed by atoms with Crippen molar-refractivity contribution in [2.45, 2.75) is 13.8 Å². The molecule has 0 atom stereocenters. The number of hydrogen-bond donors (Lipinski definition) is 4. The molecule has 100 valence electrons. The number of nitrogens with one attached hydrogen (secondary N) is 3. The predicted molar refractivity (Wildman–Crippen MR) is 67.4 cm³/mol. The van der Waals surface area contributed by atoms with E-state index in [4.69, 9.17) is 10.6 Å². The van der Waals surface area contributed by atoms with Gasteiger partial charge in [0.25, 0.3) is 0 Å². The monoisotopic (exact) mass is 245 g/mol. The molecule has 0 rings (SSSR count). The number of rotatable bonds is 7. The minimum absolute atomic E-state index is 0.0361. The lowest BCUT2D eigenvalue weighted by atomic mass is 10.2. The van der Waals surface area contributed by atoms with E-state index in [1.807, 2.05) is 0 Å². The number of methoxy groups -OCH3 is 1. The van der Waals surface area contributed by atoms with Gasteiger partial charge in [-0.15, -0.1) is 0 Å². The van der Waals surface area contributed by atoms with Gasteiger partial charge in [0.1, 0.15) is 6.54 Å². The summed E-state index contributed by atoms with van der Waals surface area (Å²) in [5, 5.41) is 5.66. The molecule has 0 radical (unpaired) electrons. The number of nitrogens with two attached hydrogens (primary N) is 1. The molecule has 0 aliphatic heterocycles. The van der Waals surface area contributed by atoms with Crippen molar-refractivity contribution in [1.82, 2.24) is 16.1 Å². The minimum atomic E-state index is -0.166. The molecule has 1 amide bonds. The molecule has 0 aromatic carbocycles. The standard InChI is InChI=1S/C10H23N5O2/c1-8(2)6-13-10(15-11)14-7-9(16)12-4-5-17-3/h8H,4-7,11H2,1-3H3,(H,12,16)(H2,13,14,15). The number of aliphatic imine (C=N–C) groups is 1. The Hall–Kier alpha value is -1.34. The van der Waals surface area contributed by atoms with E-state index in [1.54, 1.807) is 7.11 Å². The van der Waals surface area contributed by atoms with Gasteiger partial charge in [-0.1, -0.05) is 13.8 Å². The van der Waals surface area contributed by atoms with E-state index < -0.39 is 0 Å². The van der Waals surface area contributed by atoms with Crippen LogP contribution in [-0.4, -0.2) is 45.2 Å². The van der Waals surface area contributed by atoms with Crippen LogP contribution in [0, 0.1) is 5.92 Å². The molecule has 0 aliphatic carbocycles. The summed E-state index contributed by atoms with van der Waals surface area (Å²) < 4.78 is 4.81. The molecule has 0 bridgehead atoms. The van der Waals surface area contributed by atoms with Crippen LogP contribution in [0.5, 0.6) is 0 Å². The third-order valence-electron chi connectivity index (χ3n) is 1.82. The first-order valence-electron chi connectivity index (χ1n) is 5.60. The number of carbonyl (C=O) groups is 1. The normalized spacial score (nSPS) is 11.5. The maximum absolute atomic E-state index is 11.3. The number of nitrogens with zero attached hydrogens (tertiary/aromatic N) is 1. The average molecular weight is 245 g/mol. The number of hydrogen-bond acceptors (Lipinski definition) is 4. The summed E-state index contributed by atoms with van der Waals surface area (Å²) in [7, 11) is 1.58. The second-order valence-corrected chi connectivity index (χ2v) is 3.93. The number of amides is 1. The summed E-state index contributed by atoms with van der Waals surface area (Å²) in [4.78, 5) is 15.3. The fraction of sp³-hybridized carbons (Fsp3) is 0.800. The predicted octanol–water partition coefficient (Wildman–Crippen LogP) is -1.19. The summed E-state index contributed by atoms with van der Waals surface area (Å²) in [6.07, 6.45) is 0. The summed E-state index contributed by atoms with van der Waals surface area (Å²) >= 11 is 0. The van der Waals surface area contributed by atoms with Gasteiger partial charge in [-0.2, -0.15) is 0 Å². The number of guanidine groups is 1. The Balaban J connectivity index is 3.87. The molecular weight excluding hydrogens is 222 g/mol. The highest BCUT2D eigenvalue weighted by molar-refractivity contribution is 5.84. The average Bonchev–Trinajstić information content (AvgIpc) is 2.29. The Labute approximate surface area is 102 Å². The molecule has 0 fully saturated rings. The summed E-state index contributed by atoms with van der Waals surface area (Å²) in [6, 6.07) is 0. The minimum Gasteiger partial charge on any atom is -0.383 e. The molecule has 0 saturated carbocycles. The Bertz CT molecular complexity index is 243. The van der Waals surface area contributed by atoms with Crippen molar-refractivity contribution in [2.75, 3.05) is 33.4 Å². The highest BCUT2D eigenvalue weighted by Crippen LogP contribution is 1.86. The molecule has 7 heteroatoms. The third-order valence-corrected chi connectivity index (χ3v) is 1.82. The van der Waals surface area contributed by atoms with E-state index in [2.05, 4.69) is 34.9 Å². The largest absolute Gasteiger partial charge is 0.383 e. The topological polar surface area (TPSA) is 101 Å². The van der Waals surface area contributed by atoms with Crippen LogP contribution in [0.2, 0.25) is 0 Å². The SMILES string of the molecule is COCCNC(=O)CN=C(NN)NCC(C)C. The zero-order valence-electron chi connectivity index (χ0n) is 10.7. The van der Waals surface area contributed by atoms with Crippen LogP contribution in [0.1, 0.15) is 13.8 Å². The van der Waals surface area contributed by atoms with E-state index in [9.17, 15) is 4.79 Å². The van der Waals surface area contributed by atoms with Gasteiger partial charge in [0.2, 0.25) is 11.9 Å². The van der Waals surface area contributed by atoms with Crippen LogP contribution >= 0.6 is 0 Å². The first-order valence-corrected chi connectivity index (χ1v) is 5.60. The van der Waals surface area contributed by atoms with Gasteiger partial charge in [0.05, 0.1) is 6.61 Å². The Morgan fingerprint density at radius 3 is 2.65 bits per heavy atom. The lowest BCUT2D eigenvalue weighted by Gasteiger charge is -2.10. The van der Waals surface area contributed by atoms with Gasteiger partial charge in [-0.05, 0) is 5.92 Å². The molecule has 7 nitrogen and oxygen atoms in total. The molecule has 0 heterocycles. The molecule has 0 unspecified atom stereocenters. The third kappa shape index (κ3) is 9.58. The van der Waals surface area contributed by atoms with Gasteiger partial charge in [-0.3, -0.25) is 10.2 Å². The number of carbonyl (C=O) groups excluding carboxylic acids is 1. The van der Waals surface area contributed by atoms with Crippen molar-refractivity contribution in [1.29, 1.82) is 0 Å². The fourth-order valence-corrected chi connectivity index (χ4v) is 0.953. The molecule has 0 aliphatic rings. The van der Waals surface area contributed by atoms with Crippen molar-refractivity contribution in [2.24, 2.45) is 16.8 Å². The summed E-state index contributed by atoms with van der Waals surface area (Å²) in [5.41, 5.74) is 2.41. The fourth-order valence-electron chi connectivity index (χ4n) is 0.953. The molecule has 17 heavy (non-hydrogen) atoms. The van der Waals surface area contributed by atoms with Crippen molar-refractivity contribution < 1.29 is 9.53 Å². The van der Waals surface area contributed by atoms with Gasteiger partial charge >= 0.3 is 0 Å². The van der Waals surface area contributed by atoms with Crippen molar-refractivity contribution in [3.8, 4) is 0 Å². The Morgan fingerprint density at radius 2 is 2.12 bits per heavy atom. The second kappa shape index (κ2) is 9.86. The van der Waals surface area contributed by atoms with Crippen LogP contribution in [0.3, 0.4) is 0 Å². The van der Waals surface area contributed by atoms with Crippen molar-refractivity contribution >= 4 is 11.9 Å². The zero-order valence-corrected chi connectivity index (χ0v) is 10.7. The maximum Gasteiger partial charge on any atom is 0.241 e. The highest BCUT2D eigenvalue weighted by Gasteiger charge is 2.01. The molecular formula is C10H23N5O2. The molecule has 0 aromatic rings. The lowest BCUT2D eigenvalue weighted by Crippen LogP contribution is -2.43. The van der Waals surface area contributed by atoms with Crippen LogP contribution in [0.4, 0.5) is 0 Å². The quantitative estimate of drug-likeness (QED) is 0.149. The van der Waals surface area contributed by atoms with E-state index >= 15 is 0 Å². The Morgan fingerprint density at radius 1 is 1.41 bits per heavy atom.